The summed E-state index contributed by atoms with van der Waals surface area (Å²) in [5.74, 6) is -2.05. The van der Waals surface area contributed by atoms with Gasteiger partial charge in [-0.3, -0.25) is 9.59 Å². The zero-order chi connectivity index (χ0) is 13.5. The van der Waals surface area contributed by atoms with Gasteiger partial charge in [-0.25, -0.2) is 0 Å². The molecule has 0 saturated carbocycles. The summed E-state index contributed by atoms with van der Waals surface area (Å²) in [4.78, 5) is 24.2. The van der Waals surface area contributed by atoms with Gasteiger partial charge in [-0.2, -0.15) is 0 Å². The molecule has 0 aromatic heterocycles. The normalized spacial score (nSPS) is 14.6. The van der Waals surface area contributed by atoms with Crippen molar-refractivity contribution in [1.82, 2.24) is 4.90 Å². The van der Waals surface area contributed by atoms with Crippen LogP contribution in [0.2, 0.25) is 0 Å². The first-order chi connectivity index (χ1) is 7.91. The molecule has 0 fully saturated rings. The fraction of sp³-hybridized carbons (Fsp3) is 0.833. The summed E-state index contributed by atoms with van der Waals surface area (Å²) in [6, 6.07) is 0. The Kier molecular flexibility index (Phi) is 6.80. The van der Waals surface area contributed by atoms with E-state index in [0.29, 0.717) is 19.4 Å². The minimum absolute atomic E-state index is 0.305. The topological polar surface area (TPSA) is 77.8 Å². The van der Waals surface area contributed by atoms with Gasteiger partial charge in [0.25, 0.3) is 0 Å². The molecule has 1 unspecified atom stereocenters. The third-order valence-electron chi connectivity index (χ3n) is 3.42. The van der Waals surface area contributed by atoms with Crippen molar-refractivity contribution in [3.05, 3.63) is 0 Å². The van der Waals surface area contributed by atoms with Gasteiger partial charge in [0.05, 0.1) is 11.8 Å². The van der Waals surface area contributed by atoms with Crippen molar-refractivity contribution in [1.29, 1.82) is 0 Å². The summed E-state index contributed by atoms with van der Waals surface area (Å²) in [6.45, 7) is 8.08. The number of rotatable bonds is 9. The molecule has 0 bridgehead atoms. The van der Waals surface area contributed by atoms with Gasteiger partial charge in [-0.05, 0) is 32.5 Å². The SMILES string of the molecule is CCN(CC)CCC(CC)(CC(=O)O)C(=O)O. The lowest BCUT2D eigenvalue weighted by molar-refractivity contribution is -0.156. The highest BCUT2D eigenvalue weighted by atomic mass is 16.4. The number of carboxylic acids is 2. The fourth-order valence-electron chi connectivity index (χ4n) is 1.93. The maximum atomic E-state index is 11.3. The van der Waals surface area contributed by atoms with E-state index < -0.39 is 17.4 Å². The lowest BCUT2D eigenvalue weighted by Gasteiger charge is -2.29. The van der Waals surface area contributed by atoms with E-state index in [1.54, 1.807) is 6.92 Å². The Morgan fingerprint density at radius 1 is 1.12 bits per heavy atom. The quantitative estimate of drug-likeness (QED) is 0.646. The Bertz CT molecular complexity index is 263. The van der Waals surface area contributed by atoms with Crippen molar-refractivity contribution in [3.63, 3.8) is 0 Å². The lowest BCUT2D eigenvalue weighted by atomic mass is 9.78. The Morgan fingerprint density at radius 2 is 1.65 bits per heavy atom. The number of hydrogen-bond acceptors (Lipinski definition) is 3. The summed E-state index contributed by atoms with van der Waals surface area (Å²) in [5, 5.41) is 18.1. The van der Waals surface area contributed by atoms with Crippen molar-refractivity contribution in [2.75, 3.05) is 19.6 Å². The molecule has 0 radical (unpaired) electrons. The van der Waals surface area contributed by atoms with Crippen molar-refractivity contribution in [2.24, 2.45) is 5.41 Å². The van der Waals surface area contributed by atoms with Gasteiger partial charge in [0.2, 0.25) is 0 Å². The summed E-state index contributed by atoms with van der Waals surface area (Å²) >= 11 is 0. The third-order valence-corrected chi connectivity index (χ3v) is 3.42. The predicted octanol–water partition coefficient (Wildman–Crippen LogP) is 1.67. The predicted molar refractivity (Wildman–Crippen MR) is 65.0 cm³/mol. The largest absolute Gasteiger partial charge is 0.481 e. The molecule has 0 heterocycles. The zero-order valence-electron chi connectivity index (χ0n) is 10.9. The first-order valence-electron chi connectivity index (χ1n) is 6.09. The maximum Gasteiger partial charge on any atom is 0.310 e. The van der Waals surface area contributed by atoms with Gasteiger partial charge in [-0.1, -0.05) is 20.8 Å². The molecule has 5 nitrogen and oxygen atoms in total. The summed E-state index contributed by atoms with van der Waals surface area (Å²) in [5.41, 5.74) is -1.13. The second-order valence-electron chi connectivity index (χ2n) is 4.29. The van der Waals surface area contributed by atoms with Gasteiger partial charge in [0.15, 0.2) is 0 Å². The molecule has 17 heavy (non-hydrogen) atoms. The van der Waals surface area contributed by atoms with Crippen LogP contribution in [0.5, 0.6) is 0 Å². The van der Waals surface area contributed by atoms with Gasteiger partial charge in [0.1, 0.15) is 0 Å². The molecule has 0 aliphatic carbocycles. The fourth-order valence-corrected chi connectivity index (χ4v) is 1.93. The van der Waals surface area contributed by atoms with E-state index in [9.17, 15) is 14.7 Å². The lowest BCUT2D eigenvalue weighted by Crippen LogP contribution is -2.37. The molecular weight excluding hydrogens is 222 g/mol. The van der Waals surface area contributed by atoms with Crippen molar-refractivity contribution < 1.29 is 19.8 Å². The standard InChI is InChI=1S/C12H23NO4/c1-4-12(11(16)17,9-10(14)15)7-8-13(5-2)6-3/h4-9H2,1-3H3,(H,14,15)(H,16,17). The molecule has 5 heteroatoms. The molecule has 0 aliphatic rings. The average molecular weight is 245 g/mol. The molecule has 2 N–H and O–H groups in total. The smallest absolute Gasteiger partial charge is 0.310 e. The Labute approximate surface area is 102 Å². The molecule has 0 saturated heterocycles. The minimum atomic E-state index is -1.13. The van der Waals surface area contributed by atoms with Crippen molar-refractivity contribution in [3.8, 4) is 0 Å². The van der Waals surface area contributed by atoms with E-state index in [2.05, 4.69) is 4.90 Å². The van der Waals surface area contributed by atoms with Crippen LogP contribution in [0.4, 0.5) is 0 Å². The van der Waals surface area contributed by atoms with Crippen LogP contribution in [0.25, 0.3) is 0 Å². The highest BCUT2D eigenvalue weighted by molar-refractivity contribution is 5.81. The molecule has 0 amide bonds. The molecule has 1 atom stereocenters. The molecule has 100 valence electrons. The number of hydrogen-bond donors (Lipinski definition) is 2. The van der Waals surface area contributed by atoms with Gasteiger partial charge >= 0.3 is 11.9 Å². The third kappa shape index (κ3) is 4.73. The van der Waals surface area contributed by atoms with Gasteiger partial charge in [0, 0.05) is 0 Å². The second-order valence-corrected chi connectivity index (χ2v) is 4.29. The minimum Gasteiger partial charge on any atom is -0.481 e. The van der Waals surface area contributed by atoms with Crippen LogP contribution in [0.3, 0.4) is 0 Å². The van der Waals surface area contributed by atoms with Crippen LogP contribution in [-0.2, 0) is 9.59 Å². The first-order valence-corrected chi connectivity index (χ1v) is 6.09. The Hall–Kier alpha value is -1.10. The van der Waals surface area contributed by atoms with Crippen LogP contribution >= 0.6 is 0 Å². The average Bonchev–Trinajstić information content (AvgIpc) is 2.27. The Balaban J connectivity index is 4.68. The van der Waals surface area contributed by atoms with Crippen LogP contribution in [0.15, 0.2) is 0 Å². The number of aliphatic carboxylic acids is 2. The Morgan fingerprint density at radius 3 is 1.94 bits per heavy atom. The van der Waals surface area contributed by atoms with E-state index in [1.165, 1.54) is 0 Å². The van der Waals surface area contributed by atoms with E-state index in [-0.39, 0.29) is 6.42 Å². The second kappa shape index (κ2) is 7.27. The van der Waals surface area contributed by atoms with Crippen molar-refractivity contribution in [2.45, 2.75) is 40.0 Å². The molecule has 0 aromatic carbocycles. The molecule has 0 aromatic rings. The monoisotopic (exact) mass is 245 g/mol. The zero-order valence-corrected chi connectivity index (χ0v) is 10.9. The molecule has 0 aliphatic heterocycles. The number of carboxylic acid groups (broad SMARTS) is 2. The van der Waals surface area contributed by atoms with Crippen molar-refractivity contribution >= 4 is 11.9 Å². The van der Waals surface area contributed by atoms with Gasteiger partial charge in [-0.15, -0.1) is 0 Å². The molecule has 0 rings (SSSR count). The van der Waals surface area contributed by atoms with Crippen LogP contribution in [0.1, 0.15) is 40.0 Å². The summed E-state index contributed by atoms with van der Waals surface area (Å²) < 4.78 is 0. The van der Waals surface area contributed by atoms with Crippen LogP contribution in [-0.4, -0.2) is 46.7 Å². The highest BCUT2D eigenvalue weighted by Gasteiger charge is 2.38. The molecule has 0 spiro atoms. The summed E-state index contributed by atoms with van der Waals surface area (Å²) in [7, 11) is 0. The maximum absolute atomic E-state index is 11.3. The van der Waals surface area contributed by atoms with Gasteiger partial charge < -0.3 is 15.1 Å². The number of nitrogens with zero attached hydrogens (tertiary/aromatic N) is 1. The first kappa shape index (κ1) is 15.9. The van der Waals surface area contributed by atoms with Crippen LogP contribution < -0.4 is 0 Å². The van der Waals surface area contributed by atoms with Crippen LogP contribution in [0, 0.1) is 5.41 Å². The van der Waals surface area contributed by atoms with E-state index >= 15 is 0 Å². The number of carbonyl (C=O) groups is 2. The summed E-state index contributed by atoms with van der Waals surface area (Å²) in [6.07, 6.45) is 0.419. The van der Waals surface area contributed by atoms with E-state index in [1.807, 2.05) is 13.8 Å². The molecular formula is C12H23NO4. The van der Waals surface area contributed by atoms with E-state index in [0.717, 1.165) is 13.1 Å². The van der Waals surface area contributed by atoms with E-state index in [4.69, 9.17) is 5.11 Å². The highest BCUT2D eigenvalue weighted by Crippen LogP contribution is 2.31.